The Morgan fingerprint density at radius 1 is 1.37 bits per heavy atom. The molecule has 0 unspecified atom stereocenters. The highest BCUT2D eigenvalue weighted by Gasteiger charge is 2.47. The molecule has 0 radical (unpaired) electrons. The predicted octanol–water partition coefficient (Wildman–Crippen LogP) is 2.95. The first kappa shape index (κ1) is 18.4. The summed E-state index contributed by atoms with van der Waals surface area (Å²) in [6.45, 7) is 4.14. The first-order chi connectivity index (χ1) is 13.1. The number of halogens is 2. The van der Waals surface area contributed by atoms with Gasteiger partial charge in [0, 0.05) is 31.7 Å². The molecule has 1 aliphatic carbocycles. The molecule has 2 fully saturated rings. The summed E-state index contributed by atoms with van der Waals surface area (Å²) in [5.74, 6) is 0.983. The van der Waals surface area contributed by atoms with E-state index in [9.17, 15) is 9.18 Å². The molecule has 1 saturated carbocycles. The van der Waals surface area contributed by atoms with Gasteiger partial charge in [-0.05, 0) is 48.9 Å². The van der Waals surface area contributed by atoms with Gasteiger partial charge < -0.3 is 10.2 Å². The van der Waals surface area contributed by atoms with Crippen LogP contribution in [0.25, 0.3) is 0 Å². The lowest BCUT2D eigenvalue weighted by molar-refractivity contribution is -0.137. The molecular weight excluding hydrogens is 367 g/mol. The number of piperidine rings is 1. The Labute approximate surface area is 163 Å². The molecule has 2 aliphatic rings. The molecule has 7 heteroatoms. The van der Waals surface area contributed by atoms with Crippen LogP contribution in [0.5, 0.6) is 0 Å². The summed E-state index contributed by atoms with van der Waals surface area (Å²) in [7, 11) is 0. The van der Waals surface area contributed by atoms with E-state index in [0.717, 1.165) is 44.6 Å². The number of nitrogens with one attached hydrogen (secondary N) is 1. The smallest absolute Gasteiger partial charge is 0.223 e. The number of carbonyl (C=O) groups is 1. The molecule has 1 N–H and O–H groups in total. The maximum atomic E-state index is 13.3. The molecule has 1 amide bonds. The lowest BCUT2D eigenvalue weighted by Crippen LogP contribution is -2.55. The number of hydrogen-bond donors (Lipinski definition) is 1. The highest BCUT2D eigenvalue weighted by atomic mass is 35.5. The first-order valence-corrected chi connectivity index (χ1v) is 9.89. The molecule has 2 aromatic rings. The van der Waals surface area contributed by atoms with Gasteiger partial charge in [0.25, 0.3) is 0 Å². The van der Waals surface area contributed by atoms with E-state index < -0.39 is 0 Å². The monoisotopic (exact) mass is 390 g/mol. The van der Waals surface area contributed by atoms with Gasteiger partial charge in [-0.15, -0.1) is 0 Å². The van der Waals surface area contributed by atoms with Crippen molar-refractivity contribution in [1.82, 2.24) is 20.0 Å². The summed E-state index contributed by atoms with van der Waals surface area (Å²) in [5, 5.41) is 7.86. The van der Waals surface area contributed by atoms with E-state index in [-0.39, 0.29) is 17.6 Å². The van der Waals surface area contributed by atoms with Crippen molar-refractivity contribution in [3.63, 3.8) is 0 Å². The van der Waals surface area contributed by atoms with Crippen molar-refractivity contribution in [2.45, 2.75) is 25.9 Å². The summed E-state index contributed by atoms with van der Waals surface area (Å²) in [5.41, 5.74) is 0.794. The van der Waals surface area contributed by atoms with Gasteiger partial charge in [-0.2, -0.15) is 5.10 Å². The molecule has 144 valence electrons. The second-order valence-electron chi connectivity index (χ2n) is 7.62. The van der Waals surface area contributed by atoms with Gasteiger partial charge in [0.2, 0.25) is 5.91 Å². The van der Waals surface area contributed by atoms with Gasteiger partial charge >= 0.3 is 0 Å². The summed E-state index contributed by atoms with van der Waals surface area (Å²) in [6, 6.07) is 6.38. The third-order valence-corrected chi connectivity index (χ3v) is 6.10. The molecule has 1 aromatic carbocycles. The van der Waals surface area contributed by atoms with Crippen LogP contribution >= 0.6 is 11.6 Å². The second kappa shape index (κ2) is 7.98. The zero-order chi connectivity index (χ0) is 18.8. The minimum atomic E-state index is -0.271. The van der Waals surface area contributed by atoms with E-state index in [1.54, 1.807) is 12.3 Å². The van der Waals surface area contributed by atoms with Crippen molar-refractivity contribution in [2.24, 2.45) is 17.8 Å². The van der Waals surface area contributed by atoms with Crippen molar-refractivity contribution in [2.75, 3.05) is 19.6 Å². The molecular formula is C20H24ClFN4O. The predicted molar refractivity (Wildman–Crippen MR) is 102 cm³/mol. The largest absolute Gasteiger partial charge is 0.352 e. The highest BCUT2D eigenvalue weighted by molar-refractivity contribution is 6.30. The van der Waals surface area contributed by atoms with Crippen LogP contribution in [0.3, 0.4) is 0 Å². The van der Waals surface area contributed by atoms with Crippen LogP contribution in [-0.2, 0) is 17.9 Å². The Morgan fingerprint density at radius 2 is 2.26 bits per heavy atom. The van der Waals surface area contributed by atoms with Gasteiger partial charge in [-0.1, -0.05) is 23.7 Å². The minimum absolute atomic E-state index is 0.0745. The zero-order valence-electron chi connectivity index (χ0n) is 15.2. The molecule has 1 aliphatic heterocycles. The normalized spacial score (nSPS) is 24.9. The topological polar surface area (TPSA) is 50.2 Å². The number of likely N-dealkylation sites (tertiary alicyclic amines) is 1. The van der Waals surface area contributed by atoms with Crippen LogP contribution in [0.1, 0.15) is 18.4 Å². The number of benzene rings is 1. The Balaban J connectivity index is 1.26. The summed E-state index contributed by atoms with van der Waals surface area (Å²) in [6.07, 6.45) is 5.61. The van der Waals surface area contributed by atoms with Crippen LogP contribution in [0.15, 0.2) is 36.7 Å². The minimum Gasteiger partial charge on any atom is -0.352 e. The highest BCUT2D eigenvalue weighted by Crippen LogP contribution is 2.45. The number of amides is 1. The maximum Gasteiger partial charge on any atom is 0.223 e. The molecule has 1 saturated heterocycles. The van der Waals surface area contributed by atoms with Crippen LogP contribution in [-0.4, -0.2) is 40.2 Å². The second-order valence-corrected chi connectivity index (χ2v) is 8.06. The maximum absolute atomic E-state index is 13.3. The van der Waals surface area contributed by atoms with Crippen molar-refractivity contribution >= 4 is 17.5 Å². The van der Waals surface area contributed by atoms with Gasteiger partial charge in [0.15, 0.2) is 0 Å². The molecule has 0 bridgehead atoms. The van der Waals surface area contributed by atoms with Crippen molar-refractivity contribution < 1.29 is 9.18 Å². The summed E-state index contributed by atoms with van der Waals surface area (Å²) >= 11 is 5.91. The molecule has 3 atom stereocenters. The van der Waals surface area contributed by atoms with E-state index in [1.165, 1.54) is 12.1 Å². The van der Waals surface area contributed by atoms with Crippen LogP contribution in [0.2, 0.25) is 5.02 Å². The van der Waals surface area contributed by atoms with Crippen molar-refractivity contribution in [3.05, 3.63) is 53.1 Å². The van der Waals surface area contributed by atoms with E-state index in [4.69, 9.17) is 11.6 Å². The third kappa shape index (κ3) is 4.33. The molecule has 2 heterocycles. The fourth-order valence-corrected chi connectivity index (χ4v) is 4.49. The number of aromatic nitrogens is 2. The van der Waals surface area contributed by atoms with Gasteiger partial charge in [0.1, 0.15) is 5.82 Å². The van der Waals surface area contributed by atoms with E-state index >= 15 is 0 Å². The number of carbonyl (C=O) groups excluding carboxylic acids is 1. The SMILES string of the molecule is O=C(NCc1cccc(F)c1)[C@@H]1C[C@H]2CCN(CCn3cc(Cl)cn3)C[C@H]21. The fraction of sp³-hybridized carbons (Fsp3) is 0.500. The fourth-order valence-electron chi connectivity index (χ4n) is 4.33. The van der Waals surface area contributed by atoms with Crippen molar-refractivity contribution in [1.29, 1.82) is 0 Å². The van der Waals surface area contributed by atoms with Gasteiger partial charge in [0.05, 0.1) is 17.8 Å². The first-order valence-electron chi connectivity index (χ1n) is 9.51. The molecule has 0 spiro atoms. The van der Waals surface area contributed by atoms with Crippen LogP contribution in [0.4, 0.5) is 4.39 Å². The van der Waals surface area contributed by atoms with Crippen LogP contribution < -0.4 is 5.32 Å². The Bertz CT molecular complexity index is 811. The Morgan fingerprint density at radius 3 is 3.04 bits per heavy atom. The summed E-state index contributed by atoms with van der Waals surface area (Å²) < 4.78 is 15.1. The lowest BCUT2D eigenvalue weighted by atomic mass is 9.61. The number of hydrogen-bond acceptors (Lipinski definition) is 3. The number of fused-ring (bicyclic) bond motifs is 1. The number of rotatable bonds is 6. The molecule has 27 heavy (non-hydrogen) atoms. The van der Waals surface area contributed by atoms with Gasteiger partial charge in [-0.25, -0.2) is 4.39 Å². The molecule has 4 rings (SSSR count). The van der Waals surface area contributed by atoms with Gasteiger partial charge in [-0.3, -0.25) is 9.48 Å². The molecule has 5 nitrogen and oxygen atoms in total. The summed E-state index contributed by atoms with van der Waals surface area (Å²) in [4.78, 5) is 15.0. The molecule has 1 aromatic heterocycles. The van der Waals surface area contributed by atoms with E-state index in [0.29, 0.717) is 23.4 Å². The van der Waals surface area contributed by atoms with E-state index in [1.807, 2.05) is 16.9 Å². The quantitative estimate of drug-likeness (QED) is 0.825. The standard InChI is InChI=1S/C20H24ClFN4O/c21-16-11-24-26(12-16)7-6-25-5-4-15-9-18(19(15)13-25)20(27)23-10-14-2-1-3-17(22)8-14/h1-3,8,11-12,15,18-19H,4-7,9-10,13H2,(H,23,27)/t15-,18-,19-/m1/s1. The lowest BCUT2D eigenvalue weighted by Gasteiger charge is -2.50. The third-order valence-electron chi connectivity index (χ3n) is 5.90. The Hall–Kier alpha value is -1.92. The van der Waals surface area contributed by atoms with E-state index in [2.05, 4.69) is 15.3 Å². The van der Waals surface area contributed by atoms with Crippen LogP contribution in [0, 0.1) is 23.6 Å². The Kier molecular flexibility index (Phi) is 5.45. The average molecular weight is 391 g/mol. The number of nitrogens with zero attached hydrogens (tertiary/aromatic N) is 3. The average Bonchev–Trinajstić information content (AvgIpc) is 3.05. The zero-order valence-corrected chi connectivity index (χ0v) is 15.9. The van der Waals surface area contributed by atoms with Crippen molar-refractivity contribution in [3.8, 4) is 0 Å².